The van der Waals surface area contributed by atoms with Crippen LogP contribution in [0.4, 0.5) is 0 Å². The Labute approximate surface area is 92.2 Å². The molecular formula is C9H9Cl3O. The predicted molar refractivity (Wildman–Crippen MR) is 56.7 cm³/mol. The molecule has 0 fully saturated rings. The second kappa shape index (κ2) is 3.66. The average Bonchev–Trinajstić information content (AvgIpc) is 1.78. The highest BCUT2D eigenvalue weighted by Gasteiger charge is 2.23. The van der Waals surface area contributed by atoms with E-state index in [9.17, 15) is 5.11 Å². The Hall–Kier alpha value is 0.0500. The van der Waals surface area contributed by atoms with E-state index in [-0.39, 0.29) is 0 Å². The Kier molecular flexibility index (Phi) is 3.13. The van der Waals surface area contributed by atoms with Crippen LogP contribution in [0.1, 0.15) is 19.4 Å². The highest BCUT2D eigenvalue weighted by atomic mass is 35.5. The van der Waals surface area contributed by atoms with Gasteiger partial charge in [-0.2, -0.15) is 0 Å². The molecule has 0 atom stereocenters. The first kappa shape index (κ1) is 11.1. The van der Waals surface area contributed by atoms with Crippen LogP contribution in [-0.4, -0.2) is 5.11 Å². The maximum atomic E-state index is 9.73. The monoisotopic (exact) mass is 238 g/mol. The van der Waals surface area contributed by atoms with E-state index in [2.05, 4.69) is 0 Å². The number of halogens is 3. The van der Waals surface area contributed by atoms with Gasteiger partial charge in [-0.1, -0.05) is 34.8 Å². The predicted octanol–water partition coefficient (Wildman–Crippen LogP) is 3.87. The normalized spacial score (nSPS) is 11.8. The molecule has 0 spiro atoms. The molecule has 4 heteroatoms. The maximum Gasteiger partial charge on any atom is 0.0869 e. The van der Waals surface area contributed by atoms with Crippen molar-refractivity contribution in [3.8, 4) is 0 Å². The molecule has 0 aliphatic heterocycles. The van der Waals surface area contributed by atoms with Gasteiger partial charge in [0, 0.05) is 20.6 Å². The molecule has 0 amide bonds. The molecule has 1 aromatic rings. The summed E-state index contributed by atoms with van der Waals surface area (Å²) < 4.78 is 0. The zero-order valence-corrected chi connectivity index (χ0v) is 9.50. The summed E-state index contributed by atoms with van der Waals surface area (Å²) in [5.74, 6) is 0. The summed E-state index contributed by atoms with van der Waals surface area (Å²) >= 11 is 17.5. The molecule has 0 saturated carbocycles. The summed E-state index contributed by atoms with van der Waals surface area (Å²) in [4.78, 5) is 0. The Morgan fingerprint density at radius 2 is 1.46 bits per heavy atom. The van der Waals surface area contributed by atoms with Gasteiger partial charge >= 0.3 is 0 Å². The molecule has 1 nitrogen and oxygen atoms in total. The van der Waals surface area contributed by atoms with Crippen LogP contribution in [0.15, 0.2) is 12.1 Å². The second-order valence-corrected chi connectivity index (χ2v) is 4.55. The number of rotatable bonds is 1. The van der Waals surface area contributed by atoms with Crippen molar-refractivity contribution in [3.05, 3.63) is 32.8 Å². The molecule has 0 saturated heterocycles. The van der Waals surface area contributed by atoms with E-state index in [1.165, 1.54) is 0 Å². The third-order valence-electron chi connectivity index (χ3n) is 1.62. The Morgan fingerprint density at radius 1 is 1.08 bits per heavy atom. The number of hydrogen-bond acceptors (Lipinski definition) is 1. The summed E-state index contributed by atoms with van der Waals surface area (Å²) in [5, 5.41) is 10.9. The number of hydrogen-bond donors (Lipinski definition) is 1. The van der Waals surface area contributed by atoms with Gasteiger partial charge in [-0.05, 0) is 26.0 Å². The molecule has 1 rings (SSSR count). The SMILES string of the molecule is CC(C)(O)c1c(Cl)cc(Cl)cc1Cl. The fourth-order valence-electron chi connectivity index (χ4n) is 1.13. The van der Waals surface area contributed by atoms with Crippen LogP contribution in [-0.2, 0) is 5.60 Å². The van der Waals surface area contributed by atoms with Crippen LogP contribution < -0.4 is 0 Å². The fourth-order valence-corrected chi connectivity index (χ4v) is 2.41. The van der Waals surface area contributed by atoms with Crippen molar-refractivity contribution in [1.29, 1.82) is 0 Å². The lowest BCUT2D eigenvalue weighted by Crippen LogP contribution is -2.16. The molecule has 0 aromatic heterocycles. The van der Waals surface area contributed by atoms with E-state index >= 15 is 0 Å². The van der Waals surface area contributed by atoms with E-state index in [0.29, 0.717) is 20.6 Å². The van der Waals surface area contributed by atoms with Crippen molar-refractivity contribution in [3.63, 3.8) is 0 Å². The molecule has 0 aliphatic carbocycles. The van der Waals surface area contributed by atoms with Crippen molar-refractivity contribution < 1.29 is 5.11 Å². The summed E-state index contributed by atoms with van der Waals surface area (Å²) in [5.41, 5.74) is -0.557. The van der Waals surface area contributed by atoms with Crippen LogP contribution in [0.25, 0.3) is 0 Å². The van der Waals surface area contributed by atoms with Gasteiger partial charge in [0.05, 0.1) is 5.60 Å². The average molecular weight is 240 g/mol. The molecule has 1 aromatic carbocycles. The lowest BCUT2D eigenvalue weighted by Gasteiger charge is -2.20. The standard InChI is InChI=1S/C9H9Cl3O/c1-9(2,13)8-6(11)3-5(10)4-7(8)12/h3-4,13H,1-2H3. The lowest BCUT2D eigenvalue weighted by molar-refractivity contribution is 0.0788. The topological polar surface area (TPSA) is 20.2 Å². The van der Waals surface area contributed by atoms with Crippen LogP contribution >= 0.6 is 34.8 Å². The second-order valence-electron chi connectivity index (χ2n) is 3.30. The van der Waals surface area contributed by atoms with Gasteiger partial charge in [-0.15, -0.1) is 0 Å². The van der Waals surface area contributed by atoms with E-state index in [1.807, 2.05) is 0 Å². The summed E-state index contributed by atoms with van der Waals surface area (Å²) in [6.45, 7) is 3.24. The first-order valence-electron chi connectivity index (χ1n) is 3.70. The van der Waals surface area contributed by atoms with Crippen molar-refractivity contribution in [1.82, 2.24) is 0 Å². The van der Waals surface area contributed by atoms with E-state index < -0.39 is 5.60 Å². The highest BCUT2D eigenvalue weighted by Crippen LogP contribution is 2.36. The largest absolute Gasteiger partial charge is 0.386 e. The Balaban J connectivity index is 3.38. The van der Waals surface area contributed by atoms with Gasteiger partial charge in [0.15, 0.2) is 0 Å². The van der Waals surface area contributed by atoms with Crippen molar-refractivity contribution in [2.24, 2.45) is 0 Å². The van der Waals surface area contributed by atoms with Gasteiger partial charge in [-0.3, -0.25) is 0 Å². The van der Waals surface area contributed by atoms with Crippen molar-refractivity contribution in [2.75, 3.05) is 0 Å². The summed E-state index contributed by atoms with van der Waals surface area (Å²) in [7, 11) is 0. The van der Waals surface area contributed by atoms with Crippen LogP contribution in [0.5, 0.6) is 0 Å². The minimum atomic E-state index is -1.06. The number of benzene rings is 1. The third kappa shape index (κ3) is 2.50. The first-order chi connectivity index (χ1) is 5.82. The first-order valence-corrected chi connectivity index (χ1v) is 4.83. The minimum Gasteiger partial charge on any atom is -0.386 e. The Bertz CT molecular complexity index is 305. The van der Waals surface area contributed by atoms with Gasteiger partial charge in [0.2, 0.25) is 0 Å². The van der Waals surface area contributed by atoms with Crippen LogP contribution in [0.2, 0.25) is 15.1 Å². The van der Waals surface area contributed by atoms with Gasteiger partial charge in [0.1, 0.15) is 0 Å². The lowest BCUT2D eigenvalue weighted by atomic mass is 9.98. The molecule has 0 unspecified atom stereocenters. The molecule has 0 heterocycles. The van der Waals surface area contributed by atoms with Crippen molar-refractivity contribution in [2.45, 2.75) is 19.4 Å². The van der Waals surface area contributed by atoms with E-state index in [1.54, 1.807) is 26.0 Å². The highest BCUT2D eigenvalue weighted by molar-refractivity contribution is 6.39. The number of aliphatic hydroxyl groups is 1. The third-order valence-corrected chi connectivity index (χ3v) is 2.43. The molecule has 1 N–H and O–H groups in total. The van der Waals surface area contributed by atoms with Gasteiger partial charge in [-0.25, -0.2) is 0 Å². The van der Waals surface area contributed by atoms with Gasteiger partial charge in [0.25, 0.3) is 0 Å². The molecule has 13 heavy (non-hydrogen) atoms. The quantitative estimate of drug-likeness (QED) is 0.789. The van der Waals surface area contributed by atoms with Crippen LogP contribution in [0.3, 0.4) is 0 Å². The summed E-state index contributed by atoms with van der Waals surface area (Å²) in [6.07, 6.45) is 0. The fraction of sp³-hybridized carbons (Fsp3) is 0.333. The molecule has 0 radical (unpaired) electrons. The zero-order chi connectivity index (χ0) is 10.2. The van der Waals surface area contributed by atoms with E-state index in [0.717, 1.165) is 0 Å². The molecule has 0 bridgehead atoms. The molecule has 72 valence electrons. The van der Waals surface area contributed by atoms with E-state index in [4.69, 9.17) is 34.8 Å². The summed E-state index contributed by atoms with van der Waals surface area (Å²) in [6, 6.07) is 3.12. The smallest absolute Gasteiger partial charge is 0.0869 e. The minimum absolute atomic E-state index is 0.380. The maximum absolute atomic E-state index is 9.73. The Morgan fingerprint density at radius 3 is 1.77 bits per heavy atom. The van der Waals surface area contributed by atoms with Crippen LogP contribution in [0, 0.1) is 0 Å². The van der Waals surface area contributed by atoms with Gasteiger partial charge < -0.3 is 5.11 Å². The molecule has 0 aliphatic rings. The molecular weight excluding hydrogens is 230 g/mol. The van der Waals surface area contributed by atoms with Crippen molar-refractivity contribution >= 4 is 34.8 Å². The zero-order valence-electron chi connectivity index (χ0n) is 7.24.